The molecule has 3 rings (SSSR count). The maximum absolute atomic E-state index is 12.4. The number of hydrogen-bond donors (Lipinski definition) is 1. The quantitative estimate of drug-likeness (QED) is 0.692. The Morgan fingerprint density at radius 2 is 1.92 bits per heavy atom. The van der Waals surface area contributed by atoms with Gasteiger partial charge in [0, 0.05) is 13.1 Å². The average Bonchev–Trinajstić information content (AvgIpc) is 3.07. The molecule has 6 nitrogen and oxygen atoms in total. The van der Waals surface area contributed by atoms with Gasteiger partial charge in [-0.15, -0.1) is 0 Å². The minimum atomic E-state index is -0.111. The first-order chi connectivity index (χ1) is 12.6. The van der Waals surface area contributed by atoms with Gasteiger partial charge in [0.25, 0.3) is 0 Å². The van der Waals surface area contributed by atoms with E-state index in [-0.39, 0.29) is 5.91 Å². The van der Waals surface area contributed by atoms with Crippen molar-refractivity contribution in [2.45, 2.75) is 6.54 Å². The Bertz CT molecular complexity index is 913. The lowest BCUT2D eigenvalue weighted by Crippen LogP contribution is -2.24. The van der Waals surface area contributed by atoms with E-state index in [4.69, 9.17) is 9.47 Å². The van der Waals surface area contributed by atoms with Gasteiger partial charge in [-0.05, 0) is 35.9 Å². The molecule has 0 fully saturated rings. The maximum atomic E-state index is 12.4. The Kier molecular flexibility index (Phi) is 5.22. The molecule has 0 aliphatic rings. The zero-order valence-electron chi connectivity index (χ0n) is 15.0. The number of methoxy groups -OCH3 is 2. The molecule has 3 aromatic rings. The number of imidazole rings is 1. The van der Waals surface area contributed by atoms with Gasteiger partial charge in [0.1, 0.15) is 5.82 Å². The summed E-state index contributed by atoms with van der Waals surface area (Å²) in [5.41, 5.74) is 2.71. The molecule has 0 atom stereocenters. The summed E-state index contributed by atoms with van der Waals surface area (Å²) in [5.74, 6) is 1.91. The molecule has 0 saturated heterocycles. The molecular formula is C20H21N3O3. The number of aromatic nitrogens is 2. The first-order valence-corrected chi connectivity index (χ1v) is 8.19. The minimum Gasteiger partial charge on any atom is -0.493 e. The number of nitrogens with one attached hydrogen (secondary N) is 1. The topological polar surface area (TPSA) is 67.5 Å². The molecule has 0 aliphatic carbocycles. The van der Waals surface area contributed by atoms with Gasteiger partial charge >= 0.3 is 0 Å². The lowest BCUT2D eigenvalue weighted by molar-refractivity contribution is -0.125. The Morgan fingerprint density at radius 3 is 2.65 bits per heavy atom. The van der Waals surface area contributed by atoms with Crippen molar-refractivity contribution < 1.29 is 14.3 Å². The van der Waals surface area contributed by atoms with Crippen LogP contribution in [0.1, 0.15) is 11.4 Å². The molecule has 1 heterocycles. The van der Waals surface area contributed by atoms with Crippen molar-refractivity contribution in [3.63, 3.8) is 0 Å². The van der Waals surface area contributed by atoms with Crippen molar-refractivity contribution in [3.05, 3.63) is 59.9 Å². The number of benzene rings is 2. The molecule has 0 bridgehead atoms. The standard InChI is InChI=1S/C20H21N3O3/c1-23(13-19-21-15-6-4-5-7-16(15)22-19)20(24)11-9-14-8-10-17(25-2)18(12-14)26-3/h4-12H,13H2,1-3H3,(H,21,22)/b11-9+. The van der Waals surface area contributed by atoms with Crippen LogP contribution in [0.2, 0.25) is 0 Å². The third-order valence-corrected chi connectivity index (χ3v) is 4.03. The fraction of sp³-hybridized carbons (Fsp3) is 0.200. The number of likely N-dealkylation sites (N-methyl/N-ethyl adjacent to an activating group) is 1. The first-order valence-electron chi connectivity index (χ1n) is 8.19. The highest BCUT2D eigenvalue weighted by Crippen LogP contribution is 2.28. The predicted molar refractivity (Wildman–Crippen MR) is 101 cm³/mol. The molecule has 0 aliphatic heterocycles. The van der Waals surface area contributed by atoms with Gasteiger partial charge < -0.3 is 19.4 Å². The summed E-state index contributed by atoms with van der Waals surface area (Å²) in [6, 6.07) is 13.3. The van der Waals surface area contributed by atoms with Crippen LogP contribution < -0.4 is 9.47 Å². The van der Waals surface area contributed by atoms with Crippen LogP contribution >= 0.6 is 0 Å². The van der Waals surface area contributed by atoms with Crippen LogP contribution in [-0.4, -0.2) is 42.0 Å². The third kappa shape index (κ3) is 3.85. The van der Waals surface area contributed by atoms with Gasteiger partial charge in [-0.2, -0.15) is 0 Å². The molecule has 0 saturated carbocycles. The highest BCUT2D eigenvalue weighted by Gasteiger charge is 2.09. The predicted octanol–water partition coefficient (Wildman–Crippen LogP) is 3.25. The largest absolute Gasteiger partial charge is 0.493 e. The number of rotatable bonds is 6. The number of fused-ring (bicyclic) bond motifs is 1. The summed E-state index contributed by atoms with van der Waals surface area (Å²) in [6.07, 6.45) is 3.28. The van der Waals surface area contributed by atoms with Crippen LogP contribution in [-0.2, 0) is 11.3 Å². The Hall–Kier alpha value is -3.28. The third-order valence-electron chi connectivity index (χ3n) is 4.03. The van der Waals surface area contributed by atoms with Crippen LogP contribution in [0.15, 0.2) is 48.5 Å². The first kappa shape index (κ1) is 17.5. The zero-order chi connectivity index (χ0) is 18.5. The summed E-state index contributed by atoms with van der Waals surface area (Å²) in [6.45, 7) is 0.407. The van der Waals surface area contributed by atoms with Crippen molar-refractivity contribution in [2.75, 3.05) is 21.3 Å². The van der Waals surface area contributed by atoms with Crippen LogP contribution in [0.4, 0.5) is 0 Å². The lowest BCUT2D eigenvalue weighted by Gasteiger charge is -2.13. The van der Waals surface area contributed by atoms with E-state index in [1.54, 1.807) is 38.3 Å². The number of para-hydroxylation sites is 2. The summed E-state index contributed by atoms with van der Waals surface area (Å²) in [4.78, 5) is 21.7. The van der Waals surface area contributed by atoms with E-state index < -0.39 is 0 Å². The maximum Gasteiger partial charge on any atom is 0.246 e. The van der Waals surface area contributed by atoms with Gasteiger partial charge in [0.15, 0.2) is 11.5 Å². The van der Waals surface area contributed by atoms with Gasteiger partial charge in [0.05, 0.1) is 31.8 Å². The second-order valence-electron chi connectivity index (χ2n) is 5.84. The summed E-state index contributed by atoms with van der Waals surface area (Å²) in [5, 5.41) is 0. The summed E-state index contributed by atoms with van der Waals surface area (Å²) >= 11 is 0. The number of aromatic amines is 1. The molecule has 0 spiro atoms. The number of H-pyrrole nitrogens is 1. The van der Waals surface area contributed by atoms with E-state index in [1.165, 1.54) is 6.08 Å². The molecule has 6 heteroatoms. The van der Waals surface area contributed by atoms with Crippen LogP contribution in [0.3, 0.4) is 0 Å². The molecule has 2 aromatic carbocycles. The molecule has 26 heavy (non-hydrogen) atoms. The van der Waals surface area contributed by atoms with Gasteiger partial charge in [-0.1, -0.05) is 18.2 Å². The number of hydrogen-bond acceptors (Lipinski definition) is 4. The van der Waals surface area contributed by atoms with Crippen molar-refractivity contribution >= 4 is 23.0 Å². The van der Waals surface area contributed by atoms with Crippen LogP contribution in [0.25, 0.3) is 17.1 Å². The minimum absolute atomic E-state index is 0.111. The number of amides is 1. The van der Waals surface area contributed by atoms with E-state index in [9.17, 15) is 4.79 Å². The molecule has 0 unspecified atom stereocenters. The monoisotopic (exact) mass is 351 g/mol. The van der Waals surface area contributed by atoms with Crippen molar-refractivity contribution in [3.8, 4) is 11.5 Å². The van der Waals surface area contributed by atoms with E-state index >= 15 is 0 Å². The van der Waals surface area contributed by atoms with E-state index in [2.05, 4.69) is 9.97 Å². The SMILES string of the molecule is COc1ccc(/C=C/C(=O)N(C)Cc2nc3ccccc3[nH]2)cc1OC. The van der Waals surface area contributed by atoms with Gasteiger partial charge in [0.2, 0.25) is 5.91 Å². The molecule has 1 aromatic heterocycles. The van der Waals surface area contributed by atoms with E-state index in [0.29, 0.717) is 18.0 Å². The molecule has 0 radical (unpaired) electrons. The fourth-order valence-corrected chi connectivity index (χ4v) is 2.63. The highest BCUT2D eigenvalue weighted by atomic mass is 16.5. The second-order valence-corrected chi connectivity index (χ2v) is 5.84. The van der Waals surface area contributed by atoms with Gasteiger partial charge in [-0.25, -0.2) is 4.98 Å². The Labute approximate surface area is 152 Å². The normalized spacial score (nSPS) is 11.0. The molecule has 1 amide bonds. The van der Waals surface area contributed by atoms with Crippen LogP contribution in [0.5, 0.6) is 11.5 Å². The van der Waals surface area contributed by atoms with E-state index in [0.717, 1.165) is 22.4 Å². The van der Waals surface area contributed by atoms with Crippen molar-refractivity contribution in [1.29, 1.82) is 0 Å². The lowest BCUT2D eigenvalue weighted by atomic mass is 10.2. The Morgan fingerprint density at radius 1 is 1.15 bits per heavy atom. The van der Waals surface area contributed by atoms with E-state index in [1.807, 2.05) is 36.4 Å². The molecule has 134 valence electrons. The fourth-order valence-electron chi connectivity index (χ4n) is 2.63. The number of carbonyl (C=O) groups is 1. The number of carbonyl (C=O) groups excluding carboxylic acids is 1. The van der Waals surface area contributed by atoms with Gasteiger partial charge in [-0.3, -0.25) is 4.79 Å². The average molecular weight is 351 g/mol. The van der Waals surface area contributed by atoms with Crippen molar-refractivity contribution in [2.24, 2.45) is 0 Å². The molecule has 1 N–H and O–H groups in total. The summed E-state index contributed by atoms with van der Waals surface area (Å²) in [7, 11) is 4.91. The van der Waals surface area contributed by atoms with Crippen LogP contribution in [0, 0.1) is 0 Å². The molecular weight excluding hydrogens is 330 g/mol. The Balaban J connectivity index is 1.67. The number of nitrogens with zero attached hydrogens (tertiary/aromatic N) is 2. The highest BCUT2D eigenvalue weighted by molar-refractivity contribution is 5.91. The number of ether oxygens (including phenoxy) is 2. The second kappa shape index (κ2) is 7.74. The summed E-state index contributed by atoms with van der Waals surface area (Å²) < 4.78 is 10.5. The smallest absolute Gasteiger partial charge is 0.246 e. The van der Waals surface area contributed by atoms with Crippen molar-refractivity contribution in [1.82, 2.24) is 14.9 Å². The zero-order valence-corrected chi connectivity index (χ0v) is 15.0.